The van der Waals surface area contributed by atoms with E-state index >= 15 is 0 Å². The van der Waals surface area contributed by atoms with Crippen LogP contribution in [0, 0.1) is 5.92 Å². The molecule has 1 aromatic carbocycles. The topological polar surface area (TPSA) is 58.6 Å². The summed E-state index contributed by atoms with van der Waals surface area (Å²) < 4.78 is 5.28. The number of morpholine rings is 1. The highest BCUT2D eigenvalue weighted by Gasteiger charge is 2.28. The predicted octanol–water partition coefficient (Wildman–Crippen LogP) is 2.34. The van der Waals surface area contributed by atoms with Crippen molar-refractivity contribution < 1.29 is 14.3 Å². The van der Waals surface area contributed by atoms with Gasteiger partial charge in [-0.25, -0.2) is 0 Å². The third kappa shape index (κ3) is 5.22. The number of nitrogens with one attached hydrogen (secondary N) is 1. The predicted molar refractivity (Wildman–Crippen MR) is 89.6 cm³/mol. The first kappa shape index (κ1) is 17.8. The number of halogens is 1. The quantitative estimate of drug-likeness (QED) is 0.896. The summed E-state index contributed by atoms with van der Waals surface area (Å²) in [6.45, 7) is 6.31. The molecule has 0 saturated carbocycles. The van der Waals surface area contributed by atoms with Gasteiger partial charge in [-0.1, -0.05) is 25.4 Å². The van der Waals surface area contributed by atoms with E-state index in [4.69, 9.17) is 16.3 Å². The molecular formula is C17H23ClN2O3. The van der Waals surface area contributed by atoms with E-state index < -0.39 is 6.04 Å². The SMILES string of the molecule is CC(C)CC(NC(=O)c1ccc(Cl)cc1)C(=O)N1CCOCC1. The van der Waals surface area contributed by atoms with Gasteiger partial charge < -0.3 is 15.0 Å². The third-order valence-corrected chi connectivity index (χ3v) is 3.99. The second kappa shape index (κ2) is 8.31. The number of carbonyl (C=O) groups is 2. The lowest BCUT2D eigenvalue weighted by atomic mass is 10.0. The fourth-order valence-corrected chi connectivity index (χ4v) is 2.67. The highest BCUT2D eigenvalue weighted by Crippen LogP contribution is 2.13. The number of hydrogen-bond acceptors (Lipinski definition) is 3. The monoisotopic (exact) mass is 338 g/mol. The largest absolute Gasteiger partial charge is 0.378 e. The minimum absolute atomic E-state index is 0.0377. The Morgan fingerprint density at radius 1 is 1.22 bits per heavy atom. The van der Waals surface area contributed by atoms with Crippen molar-refractivity contribution in [1.29, 1.82) is 0 Å². The molecule has 1 aliphatic heterocycles. The molecule has 1 fully saturated rings. The summed E-state index contributed by atoms with van der Waals surface area (Å²) in [6.07, 6.45) is 0.607. The Bertz CT molecular complexity index is 539. The second-order valence-corrected chi connectivity index (χ2v) is 6.54. The van der Waals surface area contributed by atoms with Gasteiger partial charge in [-0.2, -0.15) is 0 Å². The smallest absolute Gasteiger partial charge is 0.251 e. The Balaban J connectivity index is 2.06. The first-order valence-corrected chi connectivity index (χ1v) is 8.28. The van der Waals surface area contributed by atoms with E-state index in [1.165, 1.54) is 0 Å². The van der Waals surface area contributed by atoms with Crippen LogP contribution in [0.4, 0.5) is 0 Å². The Kier molecular flexibility index (Phi) is 6.42. The zero-order valence-electron chi connectivity index (χ0n) is 13.5. The van der Waals surface area contributed by atoms with Crippen molar-refractivity contribution in [2.24, 2.45) is 5.92 Å². The van der Waals surface area contributed by atoms with Gasteiger partial charge in [0.25, 0.3) is 5.91 Å². The molecule has 0 bridgehead atoms. The maximum absolute atomic E-state index is 12.7. The molecule has 1 heterocycles. The molecule has 1 saturated heterocycles. The summed E-state index contributed by atoms with van der Waals surface area (Å²) in [5.41, 5.74) is 0.498. The molecule has 1 atom stereocenters. The average Bonchev–Trinajstić information content (AvgIpc) is 2.54. The van der Waals surface area contributed by atoms with Gasteiger partial charge in [0.2, 0.25) is 5.91 Å². The molecule has 1 aliphatic rings. The Morgan fingerprint density at radius 2 is 1.83 bits per heavy atom. The molecule has 5 nitrogen and oxygen atoms in total. The molecule has 0 spiro atoms. The van der Waals surface area contributed by atoms with Gasteiger partial charge in [0.15, 0.2) is 0 Å². The Hall–Kier alpha value is -1.59. The summed E-state index contributed by atoms with van der Waals surface area (Å²) in [7, 11) is 0. The summed E-state index contributed by atoms with van der Waals surface area (Å²) in [5.74, 6) is 0.00810. The number of hydrogen-bond donors (Lipinski definition) is 1. The van der Waals surface area contributed by atoms with Crippen LogP contribution in [0.25, 0.3) is 0 Å². The highest BCUT2D eigenvalue weighted by molar-refractivity contribution is 6.30. The molecule has 1 aromatic rings. The van der Waals surface area contributed by atoms with Crippen molar-refractivity contribution in [3.8, 4) is 0 Å². The van der Waals surface area contributed by atoms with Crippen LogP contribution in [0.2, 0.25) is 5.02 Å². The molecule has 2 rings (SSSR count). The molecule has 2 amide bonds. The lowest BCUT2D eigenvalue weighted by Crippen LogP contribution is -2.52. The molecule has 6 heteroatoms. The maximum Gasteiger partial charge on any atom is 0.251 e. The van der Waals surface area contributed by atoms with E-state index in [1.807, 2.05) is 13.8 Å². The zero-order chi connectivity index (χ0) is 16.8. The minimum atomic E-state index is -0.517. The van der Waals surface area contributed by atoms with Gasteiger partial charge in [-0.05, 0) is 36.6 Å². The van der Waals surface area contributed by atoms with E-state index in [0.717, 1.165) is 0 Å². The summed E-state index contributed by atoms with van der Waals surface area (Å²) in [5, 5.41) is 3.44. The van der Waals surface area contributed by atoms with E-state index in [1.54, 1.807) is 29.2 Å². The van der Waals surface area contributed by atoms with Crippen molar-refractivity contribution in [2.75, 3.05) is 26.3 Å². The van der Waals surface area contributed by atoms with Gasteiger partial charge >= 0.3 is 0 Å². The average molecular weight is 339 g/mol. The molecule has 23 heavy (non-hydrogen) atoms. The van der Waals surface area contributed by atoms with Crippen LogP contribution in [-0.2, 0) is 9.53 Å². The van der Waals surface area contributed by atoms with Crippen LogP contribution < -0.4 is 5.32 Å². The van der Waals surface area contributed by atoms with Gasteiger partial charge in [0.05, 0.1) is 13.2 Å². The number of carbonyl (C=O) groups excluding carboxylic acids is 2. The van der Waals surface area contributed by atoms with Crippen molar-refractivity contribution >= 4 is 23.4 Å². The zero-order valence-corrected chi connectivity index (χ0v) is 14.3. The maximum atomic E-state index is 12.7. The number of benzene rings is 1. The van der Waals surface area contributed by atoms with E-state index in [-0.39, 0.29) is 11.8 Å². The molecule has 1 N–H and O–H groups in total. The fourth-order valence-electron chi connectivity index (χ4n) is 2.54. The van der Waals surface area contributed by atoms with Crippen molar-refractivity contribution in [3.05, 3.63) is 34.9 Å². The molecule has 0 aliphatic carbocycles. The normalized spacial score (nSPS) is 16.3. The van der Waals surface area contributed by atoms with Gasteiger partial charge in [0, 0.05) is 23.7 Å². The lowest BCUT2D eigenvalue weighted by Gasteiger charge is -2.31. The van der Waals surface area contributed by atoms with Gasteiger partial charge in [0.1, 0.15) is 6.04 Å². The Labute approximate surface area is 141 Å². The number of nitrogens with zero attached hydrogens (tertiary/aromatic N) is 1. The van der Waals surface area contributed by atoms with Crippen molar-refractivity contribution in [1.82, 2.24) is 10.2 Å². The van der Waals surface area contributed by atoms with Crippen molar-refractivity contribution in [2.45, 2.75) is 26.3 Å². The first-order valence-electron chi connectivity index (χ1n) is 7.90. The molecule has 0 radical (unpaired) electrons. The van der Waals surface area contributed by atoms with Crippen LogP contribution in [0.1, 0.15) is 30.6 Å². The Morgan fingerprint density at radius 3 is 2.39 bits per heavy atom. The first-order chi connectivity index (χ1) is 11.0. The number of rotatable bonds is 5. The third-order valence-electron chi connectivity index (χ3n) is 3.74. The molecule has 126 valence electrons. The fraction of sp³-hybridized carbons (Fsp3) is 0.529. The van der Waals surface area contributed by atoms with E-state index in [9.17, 15) is 9.59 Å². The van der Waals surface area contributed by atoms with Crippen LogP contribution in [0.15, 0.2) is 24.3 Å². The van der Waals surface area contributed by atoms with Gasteiger partial charge in [-0.15, -0.1) is 0 Å². The number of amides is 2. The standard InChI is InChI=1S/C17H23ClN2O3/c1-12(2)11-15(17(22)20-7-9-23-10-8-20)19-16(21)13-3-5-14(18)6-4-13/h3-6,12,15H,7-11H2,1-2H3,(H,19,21). The highest BCUT2D eigenvalue weighted by atomic mass is 35.5. The summed E-state index contributed by atoms with van der Waals surface area (Å²) in [4.78, 5) is 26.8. The van der Waals surface area contributed by atoms with Crippen LogP contribution in [-0.4, -0.2) is 49.1 Å². The number of ether oxygens (including phenoxy) is 1. The summed E-state index contributed by atoms with van der Waals surface area (Å²) in [6, 6.07) is 6.12. The van der Waals surface area contributed by atoms with Crippen LogP contribution in [0.3, 0.4) is 0 Å². The molecule has 0 aromatic heterocycles. The lowest BCUT2D eigenvalue weighted by molar-refractivity contribution is -0.137. The van der Waals surface area contributed by atoms with E-state index in [0.29, 0.717) is 49.2 Å². The van der Waals surface area contributed by atoms with E-state index in [2.05, 4.69) is 5.32 Å². The van der Waals surface area contributed by atoms with Crippen LogP contribution in [0.5, 0.6) is 0 Å². The molecular weight excluding hydrogens is 316 g/mol. The minimum Gasteiger partial charge on any atom is -0.378 e. The van der Waals surface area contributed by atoms with Gasteiger partial charge in [-0.3, -0.25) is 9.59 Å². The molecule has 1 unspecified atom stereocenters. The van der Waals surface area contributed by atoms with Crippen molar-refractivity contribution in [3.63, 3.8) is 0 Å². The second-order valence-electron chi connectivity index (χ2n) is 6.10. The summed E-state index contributed by atoms with van der Waals surface area (Å²) >= 11 is 5.84. The van der Waals surface area contributed by atoms with Crippen LogP contribution >= 0.6 is 11.6 Å².